The lowest BCUT2D eigenvalue weighted by atomic mass is 9.81. The first kappa shape index (κ1) is 29.0. The maximum atomic E-state index is 12.4. The summed E-state index contributed by atoms with van der Waals surface area (Å²) in [6.07, 6.45) is 1.60. The Morgan fingerprint density at radius 1 is 1.08 bits per heavy atom. The average molecular weight is 408 g/mol. The Hall–Kier alpha value is 0.220. The van der Waals surface area contributed by atoms with E-state index >= 15 is 0 Å². The number of rotatable bonds is 8. The number of likely N-dealkylation sites (N-methyl/N-ethyl adjacent to an activating group) is 1. The van der Waals surface area contributed by atoms with Gasteiger partial charge in [-0.3, -0.25) is 9.69 Å². The minimum absolute atomic E-state index is 0. The highest BCUT2D eigenvalue weighted by atomic mass is 35.5. The molecular weight excluding hydrogens is 371 g/mol. The van der Waals surface area contributed by atoms with Crippen molar-refractivity contribution in [3.8, 4) is 0 Å². The molecule has 0 aromatic rings. The summed E-state index contributed by atoms with van der Waals surface area (Å²) in [5, 5.41) is 3.12. The maximum Gasteiger partial charge on any atom is 0.227 e. The third kappa shape index (κ3) is 7.63. The normalized spacial score (nSPS) is 17.0. The molecule has 1 aliphatic heterocycles. The van der Waals surface area contributed by atoms with Gasteiger partial charge in [0.1, 0.15) is 0 Å². The van der Waals surface area contributed by atoms with E-state index in [9.17, 15) is 4.79 Å². The molecule has 148 valence electrons. The van der Waals surface area contributed by atoms with Crippen LogP contribution in [-0.2, 0) is 4.79 Å². The zero-order valence-electron chi connectivity index (χ0n) is 15.5. The van der Waals surface area contributed by atoms with Crippen molar-refractivity contribution in [3.05, 3.63) is 0 Å². The molecule has 1 atom stereocenters. The van der Waals surface area contributed by atoms with Crippen molar-refractivity contribution in [1.29, 1.82) is 0 Å². The van der Waals surface area contributed by atoms with Gasteiger partial charge in [0.25, 0.3) is 0 Å². The van der Waals surface area contributed by atoms with Gasteiger partial charge in [0.05, 0.1) is 5.41 Å². The highest BCUT2D eigenvalue weighted by Gasteiger charge is 2.33. The quantitative estimate of drug-likeness (QED) is 0.647. The Bertz CT molecular complexity index is 314. The van der Waals surface area contributed by atoms with E-state index in [2.05, 4.69) is 29.0 Å². The monoisotopic (exact) mass is 406 g/mol. The smallest absolute Gasteiger partial charge is 0.227 e. The fourth-order valence-corrected chi connectivity index (χ4v) is 3.03. The Morgan fingerprint density at radius 2 is 1.58 bits per heavy atom. The number of halogens is 3. The molecule has 0 radical (unpaired) electrons. The summed E-state index contributed by atoms with van der Waals surface area (Å²) >= 11 is 0. The summed E-state index contributed by atoms with van der Waals surface area (Å²) in [7, 11) is 0. The van der Waals surface area contributed by atoms with Gasteiger partial charge in [0.2, 0.25) is 5.91 Å². The second-order valence-corrected chi connectivity index (χ2v) is 6.22. The molecule has 0 aliphatic carbocycles. The number of nitrogens with one attached hydrogen (secondary N) is 1. The highest BCUT2D eigenvalue weighted by Crippen LogP contribution is 2.24. The van der Waals surface area contributed by atoms with Crippen molar-refractivity contribution in [1.82, 2.24) is 15.1 Å². The summed E-state index contributed by atoms with van der Waals surface area (Å²) in [5.41, 5.74) is 5.44. The van der Waals surface area contributed by atoms with Gasteiger partial charge in [-0.05, 0) is 26.3 Å². The number of nitrogens with zero attached hydrogens (tertiary/aromatic N) is 2. The number of piperazine rings is 1. The number of hydrogen-bond acceptors (Lipinski definition) is 4. The standard InChI is InChI=1S/C16H34N4O.3ClH/c1-5-16(6-2,13-17)15(21)18-12-14(4)20-10-8-19(7-3)9-11-20;;;/h14H,5-13,17H2,1-4H3,(H,18,21);3*1H. The highest BCUT2D eigenvalue weighted by molar-refractivity contribution is 5.86. The summed E-state index contributed by atoms with van der Waals surface area (Å²) in [4.78, 5) is 17.4. The average Bonchev–Trinajstić information content (AvgIpc) is 2.54. The molecule has 24 heavy (non-hydrogen) atoms. The molecular formula is C16H37Cl3N4O. The molecule has 5 nitrogen and oxygen atoms in total. The van der Waals surface area contributed by atoms with Crippen LogP contribution in [0, 0.1) is 5.41 Å². The van der Waals surface area contributed by atoms with Crippen molar-refractivity contribution < 1.29 is 4.79 Å². The molecule has 0 spiro atoms. The van der Waals surface area contributed by atoms with Gasteiger partial charge < -0.3 is 16.0 Å². The molecule has 1 aliphatic rings. The van der Waals surface area contributed by atoms with Crippen LogP contribution in [0.4, 0.5) is 0 Å². The summed E-state index contributed by atoms with van der Waals surface area (Å²) in [5.74, 6) is 0.119. The summed E-state index contributed by atoms with van der Waals surface area (Å²) in [6.45, 7) is 15.2. The molecule has 0 bridgehead atoms. The van der Waals surface area contributed by atoms with Crippen LogP contribution in [0.15, 0.2) is 0 Å². The van der Waals surface area contributed by atoms with Gasteiger partial charge in [-0.25, -0.2) is 0 Å². The predicted molar refractivity (Wildman–Crippen MR) is 110 cm³/mol. The van der Waals surface area contributed by atoms with E-state index < -0.39 is 0 Å². The van der Waals surface area contributed by atoms with E-state index in [1.165, 1.54) is 0 Å². The van der Waals surface area contributed by atoms with Crippen molar-refractivity contribution in [2.75, 3.05) is 45.8 Å². The fourth-order valence-electron chi connectivity index (χ4n) is 3.03. The number of nitrogens with two attached hydrogens (primary N) is 1. The zero-order valence-corrected chi connectivity index (χ0v) is 18.0. The topological polar surface area (TPSA) is 61.6 Å². The molecule has 0 aromatic carbocycles. The Labute approximate surface area is 166 Å². The number of carbonyl (C=O) groups excluding carboxylic acids is 1. The third-order valence-corrected chi connectivity index (χ3v) is 5.26. The molecule has 1 amide bonds. The molecule has 1 heterocycles. The molecule has 0 aromatic heterocycles. The van der Waals surface area contributed by atoms with E-state index in [1.54, 1.807) is 0 Å². The van der Waals surface area contributed by atoms with Crippen molar-refractivity contribution in [2.45, 2.75) is 46.6 Å². The lowest BCUT2D eigenvalue weighted by Crippen LogP contribution is -2.54. The molecule has 1 rings (SSSR count). The Morgan fingerprint density at radius 3 is 1.96 bits per heavy atom. The largest absolute Gasteiger partial charge is 0.354 e. The van der Waals surface area contributed by atoms with Crippen molar-refractivity contribution in [3.63, 3.8) is 0 Å². The first-order chi connectivity index (χ1) is 10.0. The van der Waals surface area contributed by atoms with Gasteiger partial charge in [-0.2, -0.15) is 0 Å². The number of hydrogen-bond donors (Lipinski definition) is 2. The van der Waals surface area contributed by atoms with Crippen molar-refractivity contribution >= 4 is 43.1 Å². The van der Waals surface area contributed by atoms with Crippen LogP contribution < -0.4 is 11.1 Å². The fraction of sp³-hybridized carbons (Fsp3) is 0.938. The van der Waals surface area contributed by atoms with Crippen LogP contribution >= 0.6 is 37.2 Å². The summed E-state index contributed by atoms with van der Waals surface area (Å²) in [6, 6.07) is 0.386. The molecule has 1 saturated heterocycles. The first-order valence-corrected chi connectivity index (χ1v) is 8.47. The van der Waals surface area contributed by atoms with E-state index in [-0.39, 0.29) is 48.5 Å². The van der Waals surface area contributed by atoms with Gasteiger partial charge in [0, 0.05) is 45.3 Å². The second kappa shape index (κ2) is 14.4. The van der Waals surface area contributed by atoms with E-state index in [0.717, 1.165) is 45.6 Å². The summed E-state index contributed by atoms with van der Waals surface area (Å²) < 4.78 is 0. The van der Waals surface area contributed by atoms with Crippen LogP contribution in [0.25, 0.3) is 0 Å². The van der Waals surface area contributed by atoms with Gasteiger partial charge in [0.15, 0.2) is 0 Å². The van der Waals surface area contributed by atoms with E-state index in [0.29, 0.717) is 19.1 Å². The van der Waals surface area contributed by atoms with Gasteiger partial charge in [-0.15, -0.1) is 37.2 Å². The lowest BCUT2D eigenvalue weighted by molar-refractivity contribution is -0.131. The van der Waals surface area contributed by atoms with Gasteiger partial charge in [-0.1, -0.05) is 20.8 Å². The van der Waals surface area contributed by atoms with Crippen LogP contribution in [0.3, 0.4) is 0 Å². The molecule has 3 N–H and O–H groups in total. The first-order valence-electron chi connectivity index (χ1n) is 8.47. The lowest BCUT2D eigenvalue weighted by Gasteiger charge is -2.38. The van der Waals surface area contributed by atoms with Crippen molar-refractivity contribution in [2.24, 2.45) is 11.1 Å². The van der Waals surface area contributed by atoms with Gasteiger partial charge >= 0.3 is 0 Å². The SMILES string of the molecule is CCN1CCN(C(C)CNC(=O)C(CC)(CC)CN)CC1.Cl.Cl.Cl. The predicted octanol–water partition coefficient (Wildman–Crippen LogP) is 2.16. The Kier molecular flexibility index (Phi) is 17.4. The number of carbonyl (C=O) groups is 1. The zero-order chi connectivity index (χ0) is 15.9. The Balaban J connectivity index is -0.00000147. The maximum absolute atomic E-state index is 12.4. The van der Waals surface area contributed by atoms with E-state index in [4.69, 9.17) is 5.73 Å². The third-order valence-electron chi connectivity index (χ3n) is 5.26. The molecule has 8 heteroatoms. The molecule has 1 unspecified atom stereocenters. The number of amides is 1. The minimum atomic E-state index is -0.388. The van der Waals surface area contributed by atoms with Crippen LogP contribution in [0.2, 0.25) is 0 Å². The molecule has 0 saturated carbocycles. The minimum Gasteiger partial charge on any atom is -0.354 e. The van der Waals surface area contributed by atoms with Crippen LogP contribution in [-0.4, -0.2) is 67.6 Å². The molecule has 1 fully saturated rings. The van der Waals surface area contributed by atoms with E-state index in [1.807, 2.05) is 13.8 Å². The second-order valence-electron chi connectivity index (χ2n) is 6.22. The van der Waals surface area contributed by atoms with Crippen LogP contribution in [0.1, 0.15) is 40.5 Å². The van der Waals surface area contributed by atoms with Crippen LogP contribution in [0.5, 0.6) is 0 Å².